The van der Waals surface area contributed by atoms with E-state index in [0.29, 0.717) is 24.4 Å². The van der Waals surface area contributed by atoms with E-state index in [2.05, 4.69) is 17.0 Å². The van der Waals surface area contributed by atoms with Crippen LogP contribution in [0.3, 0.4) is 0 Å². The van der Waals surface area contributed by atoms with Crippen molar-refractivity contribution in [3.05, 3.63) is 35.1 Å². The van der Waals surface area contributed by atoms with E-state index >= 15 is 0 Å². The quantitative estimate of drug-likeness (QED) is 0.592. The number of methoxy groups -OCH3 is 1. The lowest BCUT2D eigenvalue weighted by atomic mass is 9.77. The molecule has 4 heterocycles. The molecule has 37 heavy (non-hydrogen) atoms. The van der Waals surface area contributed by atoms with Gasteiger partial charge in [-0.1, -0.05) is 0 Å². The summed E-state index contributed by atoms with van der Waals surface area (Å²) in [5.74, 6) is 0.0737. The van der Waals surface area contributed by atoms with Gasteiger partial charge in [0.25, 0.3) is 0 Å². The van der Waals surface area contributed by atoms with Gasteiger partial charge in [-0.05, 0) is 88.3 Å². The zero-order chi connectivity index (χ0) is 26.0. The van der Waals surface area contributed by atoms with Gasteiger partial charge in [-0.25, -0.2) is 4.79 Å². The minimum atomic E-state index is -1.54. The zero-order valence-corrected chi connectivity index (χ0v) is 21.7. The van der Waals surface area contributed by atoms with Gasteiger partial charge in [0.05, 0.1) is 30.6 Å². The maximum absolute atomic E-state index is 14.0. The average molecular weight is 514 g/mol. The largest absolute Gasteiger partial charge is 0.497 e. The standard InChI is InChI=1S/C28H35NO8/c1-26(2)7-4-9-28(37-26,15-22(30)31)25(32)36-24-21(33-3)14-27-8-5-10-29(27)11-6-17-12-19-20(35-16-34-19)13-18(17)23(24)27/h12-14,23-24H,4-11,15-16H2,1-3H3,(H,30,31)/t23-,24?,27+,28+/m1/s1. The van der Waals surface area contributed by atoms with Crippen LogP contribution in [-0.4, -0.2) is 71.8 Å². The molecule has 2 fully saturated rings. The normalized spacial score (nSPS) is 33.5. The molecule has 0 amide bonds. The van der Waals surface area contributed by atoms with Gasteiger partial charge in [-0.15, -0.1) is 0 Å². The lowest BCUT2D eigenvalue weighted by Gasteiger charge is -2.44. The summed E-state index contributed by atoms with van der Waals surface area (Å²) in [7, 11) is 1.60. The summed E-state index contributed by atoms with van der Waals surface area (Å²) in [4.78, 5) is 28.3. The molecule has 0 bridgehead atoms. The van der Waals surface area contributed by atoms with Crippen LogP contribution in [0.25, 0.3) is 0 Å². The zero-order valence-electron chi connectivity index (χ0n) is 21.7. The van der Waals surface area contributed by atoms with Crippen LogP contribution in [0.2, 0.25) is 0 Å². The molecule has 0 radical (unpaired) electrons. The number of rotatable bonds is 5. The maximum Gasteiger partial charge on any atom is 0.339 e. The van der Waals surface area contributed by atoms with Gasteiger partial charge in [-0.2, -0.15) is 0 Å². The number of carbonyl (C=O) groups is 2. The topological polar surface area (TPSA) is 104 Å². The Morgan fingerprint density at radius 1 is 1.11 bits per heavy atom. The molecule has 1 N–H and O–H groups in total. The number of benzene rings is 1. The number of carboxylic acids is 1. The first-order valence-electron chi connectivity index (χ1n) is 13.2. The number of hydrogen-bond acceptors (Lipinski definition) is 8. The summed E-state index contributed by atoms with van der Waals surface area (Å²) in [6.45, 7) is 5.79. The molecule has 1 unspecified atom stereocenters. The third-order valence-electron chi connectivity index (χ3n) is 8.84. The van der Waals surface area contributed by atoms with E-state index < -0.39 is 35.7 Å². The minimum absolute atomic E-state index is 0.185. The number of esters is 1. The Hall–Kier alpha value is -2.78. The highest BCUT2D eigenvalue weighted by Gasteiger charge is 2.59. The second-order valence-corrected chi connectivity index (χ2v) is 11.6. The molecule has 9 heteroatoms. The maximum atomic E-state index is 14.0. The predicted molar refractivity (Wildman–Crippen MR) is 132 cm³/mol. The molecule has 4 aliphatic heterocycles. The van der Waals surface area contributed by atoms with Gasteiger partial charge >= 0.3 is 11.9 Å². The summed E-state index contributed by atoms with van der Waals surface area (Å²) >= 11 is 0. The van der Waals surface area contributed by atoms with E-state index in [0.717, 1.165) is 55.6 Å². The predicted octanol–water partition coefficient (Wildman–Crippen LogP) is 3.54. The molecule has 2 saturated heterocycles. The molecular weight excluding hydrogens is 478 g/mol. The second-order valence-electron chi connectivity index (χ2n) is 11.6. The van der Waals surface area contributed by atoms with Crippen LogP contribution in [-0.2, 0) is 30.2 Å². The highest BCUT2D eigenvalue weighted by molar-refractivity contribution is 5.86. The van der Waals surface area contributed by atoms with Crippen molar-refractivity contribution in [3.8, 4) is 11.5 Å². The molecule has 1 aromatic carbocycles. The van der Waals surface area contributed by atoms with Crippen LogP contribution in [0.4, 0.5) is 0 Å². The summed E-state index contributed by atoms with van der Waals surface area (Å²) < 4.78 is 29.8. The van der Waals surface area contributed by atoms with E-state index in [1.807, 2.05) is 19.9 Å². The fraction of sp³-hybridized carbons (Fsp3) is 0.643. The van der Waals surface area contributed by atoms with Crippen molar-refractivity contribution in [2.75, 3.05) is 27.0 Å². The molecular formula is C28H35NO8. The van der Waals surface area contributed by atoms with Gasteiger partial charge in [0.15, 0.2) is 23.2 Å². The first-order chi connectivity index (χ1) is 17.7. The number of aliphatic carboxylic acids is 1. The number of nitrogens with zero attached hydrogens (tertiary/aromatic N) is 1. The Morgan fingerprint density at radius 2 is 1.89 bits per heavy atom. The van der Waals surface area contributed by atoms with E-state index in [1.165, 1.54) is 0 Å². The Kier molecular flexibility index (Phi) is 5.73. The molecule has 1 aliphatic carbocycles. The van der Waals surface area contributed by atoms with Crippen molar-refractivity contribution in [1.82, 2.24) is 4.90 Å². The molecule has 0 saturated carbocycles. The van der Waals surface area contributed by atoms with Crippen molar-refractivity contribution in [2.45, 2.75) is 87.6 Å². The molecule has 1 spiro atoms. The van der Waals surface area contributed by atoms with Crippen molar-refractivity contribution in [1.29, 1.82) is 0 Å². The SMILES string of the molecule is COC1=C[C@]23CCCN2CCc2cc4c(cc2[C@@H]3C1OC(=O)[C@@]1(CC(=O)O)CCCC(C)(C)O1)OCO4. The lowest BCUT2D eigenvalue weighted by Crippen LogP contribution is -2.54. The number of carboxylic acid groups (broad SMARTS) is 1. The van der Waals surface area contributed by atoms with Crippen molar-refractivity contribution < 1.29 is 38.4 Å². The van der Waals surface area contributed by atoms with Gasteiger partial charge in [-0.3, -0.25) is 9.69 Å². The van der Waals surface area contributed by atoms with Gasteiger partial charge in [0.2, 0.25) is 6.79 Å². The van der Waals surface area contributed by atoms with Gasteiger partial charge < -0.3 is 28.8 Å². The minimum Gasteiger partial charge on any atom is -0.497 e. The van der Waals surface area contributed by atoms with Crippen molar-refractivity contribution in [3.63, 3.8) is 0 Å². The second kappa shape index (κ2) is 8.63. The molecule has 1 aromatic rings. The third kappa shape index (κ3) is 3.89. The molecule has 6 rings (SSSR count). The van der Waals surface area contributed by atoms with E-state index in [1.54, 1.807) is 7.11 Å². The Morgan fingerprint density at radius 3 is 2.62 bits per heavy atom. The first-order valence-corrected chi connectivity index (χ1v) is 13.2. The highest BCUT2D eigenvalue weighted by Crippen LogP contribution is 2.56. The van der Waals surface area contributed by atoms with Crippen LogP contribution in [0.5, 0.6) is 11.5 Å². The van der Waals surface area contributed by atoms with Crippen LogP contribution >= 0.6 is 0 Å². The van der Waals surface area contributed by atoms with Gasteiger partial charge in [0.1, 0.15) is 5.76 Å². The molecule has 9 nitrogen and oxygen atoms in total. The fourth-order valence-corrected chi connectivity index (χ4v) is 7.33. The van der Waals surface area contributed by atoms with Crippen LogP contribution in [0.15, 0.2) is 24.0 Å². The molecule has 5 aliphatic rings. The number of carbonyl (C=O) groups excluding carboxylic acids is 1. The smallest absolute Gasteiger partial charge is 0.339 e. The van der Waals surface area contributed by atoms with Crippen LogP contribution < -0.4 is 9.47 Å². The Bertz CT molecular complexity index is 1160. The first kappa shape index (κ1) is 24.6. The molecule has 4 atom stereocenters. The summed E-state index contributed by atoms with van der Waals surface area (Å²) in [6, 6.07) is 4.09. The van der Waals surface area contributed by atoms with Crippen LogP contribution in [0.1, 0.15) is 69.4 Å². The highest BCUT2D eigenvalue weighted by atomic mass is 16.7. The van der Waals surface area contributed by atoms with Gasteiger partial charge in [0, 0.05) is 6.54 Å². The van der Waals surface area contributed by atoms with E-state index in [9.17, 15) is 14.7 Å². The average Bonchev–Trinajstić information content (AvgIpc) is 3.51. The Labute approximate surface area is 216 Å². The number of hydrogen-bond donors (Lipinski definition) is 1. The fourth-order valence-electron chi connectivity index (χ4n) is 7.33. The number of ether oxygens (including phenoxy) is 5. The molecule has 0 aromatic heterocycles. The van der Waals surface area contributed by atoms with E-state index in [4.69, 9.17) is 23.7 Å². The number of fused-ring (bicyclic) bond motifs is 3. The van der Waals surface area contributed by atoms with Crippen LogP contribution in [0, 0.1) is 0 Å². The Balaban J connectivity index is 1.42. The summed E-state index contributed by atoms with van der Waals surface area (Å²) in [6.07, 6.45) is 5.51. The third-order valence-corrected chi connectivity index (χ3v) is 8.84. The van der Waals surface area contributed by atoms with Crippen molar-refractivity contribution in [2.24, 2.45) is 0 Å². The van der Waals surface area contributed by atoms with E-state index in [-0.39, 0.29) is 18.2 Å². The van der Waals surface area contributed by atoms with Crippen molar-refractivity contribution >= 4 is 11.9 Å². The summed E-state index contributed by atoms with van der Waals surface area (Å²) in [5, 5.41) is 9.72. The molecule has 200 valence electrons. The lowest BCUT2D eigenvalue weighted by molar-refractivity contribution is -0.216. The summed E-state index contributed by atoms with van der Waals surface area (Å²) in [5.41, 5.74) is -0.322. The monoisotopic (exact) mass is 513 g/mol.